The Labute approximate surface area is 269 Å². The zero-order valence-corrected chi connectivity index (χ0v) is 26.9. The van der Waals surface area contributed by atoms with Crippen LogP contribution in [-0.2, 0) is 32.6 Å². The van der Waals surface area contributed by atoms with Crippen LogP contribution in [0.3, 0.4) is 0 Å². The summed E-state index contributed by atoms with van der Waals surface area (Å²) in [4.78, 5) is 29.6. The first-order valence-electron chi connectivity index (χ1n) is 14.3. The smallest absolute Gasteiger partial charge is 0.264 e. The Morgan fingerprint density at radius 3 is 2.11 bits per heavy atom. The molecule has 0 radical (unpaired) electrons. The average molecular weight is 653 g/mol. The third-order valence-corrected chi connectivity index (χ3v) is 9.36. The highest BCUT2D eigenvalue weighted by molar-refractivity contribution is 7.92. The second kappa shape index (κ2) is 15.2. The number of nitrogens with one attached hydrogen (secondary N) is 1. The molecule has 1 unspecified atom stereocenters. The van der Waals surface area contributed by atoms with Crippen molar-refractivity contribution in [1.82, 2.24) is 10.2 Å². The molecule has 0 aromatic heterocycles. The van der Waals surface area contributed by atoms with Crippen molar-refractivity contribution in [3.8, 4) is 0 Å². The normalized spacial score (nSPS) is 11.9. The van der Waals surface area contributed by atoms with Crippen LogP contribution in [-0.4, -0.2) is 44.3 Å². The number of sulfonamides is 1. The third kappa shape index (κ3) is 8.40. The molecule has 2 amide bonds. The van der Waals surface area contributed by atoms with Gasteiger partial charge in [0, 0.05) is 29.6 Å². The van der Waals surface area contributed by atoms with Gasteiger partial charge in [-0.05, 0) is 66.4 Å². The van der Waals surface area contributed by atoms with Gasteiger partial charge in [-0.1, -0.05) is 96.9 Å². The molecule has 4 aromatic rings. The van der Waals surface area contributed by atoms with Gasteiger partial charge in [-0.25, -0.2) is 8.42 Å². The van der Waals surface area contributed by atoms with Gasteiger partial charge >= 0.3 is 0 Å². The molecule has 230 valence electrons. The largest absolute Gasteiger partial charge is 0.354 e. The average Bonchev–Trinajstić information content (AvgIpc) is 3.02. The molecule has 1 atom stereocenters. The number of carbonyl (C=O) groups is 2. The molecule has 0 bridgehead atoms. The van der Waals surface area contributed by atoms with Gasteiger partial charge in [-0.2, -0.15) is 0 Å². The van der Waals surface area contributed by atoms with Gasteiger partial charge in [0.15, 0.2) is 0 Å². The van der Waals surface area contributed by atoms with Crippen molar-refractivity contribution >= 4 is 50.7 Å². The van der Waals surface area contributed by atoms with E-state index >= 15 is 0 Å². The second-order valence-corrected chi connectivity index (χ2v) is 13.1. The summed E-state index contributed by atoms with van der Waals surface area (Å²) in [7, 11) is -4.22. The number of aryl methyl sites for hydroxylation is 1. The van der Waals surface area contributed by atoms with Gasteiger partial charge in [0.1, 0.15) is 12.6 Å². The number of carbonyl (C=O) groups excluding carboxylic acids is 2. The summed E-state index contributed by atoms with van der Waals surface area (Å²) in [6.45, 7) is 3.60. The lowest BCUT2D eigenvalue weighted by molar-refractivity contribution is -0.140. The van der Waals surface area contributed by atoms with E-state index in [2.05, 4.69) is 5.32 Å². The van der Waals surface area contributed by atoms with Gasteiger partial charge in [0.05, 0.1) is 10.6 Å². The molecule has 0 saturated carbocycles. The highest BCUT2D eigenvalue weighted by Crippen LogP contribution is 2.30. The standard InChI is InChI=1S/C34H35Cl2N3O4S/c1-3-19-37-34(41)32(21-26-11-6-4-7-12-26)38(23-27-13-10-14-28(35)20-27)33(40)24-39(31-22-29(36)18-17-25(31)2)44(42,43)30-15-8-5-9-16-30/h4-18,20,22,32H,3,19,21,23-24H2,1-2H3,(H,37,41). The van der Waals surface area contributed by atoms with Crippen LogP contribution < -0.4 is 9.62 Å². The van der Waals surface area contributed by atoms with E-state index in [0.29, 0.717) is 34.1 Å². The van der Waals surface area contributed by atoms with E-state index in [-0.39, 0.29) is 29.5 Å². The monoisotopic (exact) mass is 651 g/mol. The summed E-state index contributed by atoms with van der Waals surface area (Å²) < 4.78 is 29.3. The van der Waals surface area contributed by atoms with E-state index in [1.165, 1.54) is 23.1 Å². The van der Waals surface area contributed by atoms with E-state index in [4.69, 9.17) is 23.2 Å². The lowest BCUT2D eigenvalue weighted by Gasteiger charge is -2.34. The minimum absolute atomic E-state index is 0.0232. The van der Waals surface area contributed by atoms with E-state index in [9.17, 15) is 18.0 Å². The molecule has 0 saturated heterocycles. The molecule has 0 heterocycles. The summed E-state index contributed by atoms with van der Waals surface area (Å²) >= 11 is 12.6. The highest BCUT2D eigenvalue weighted by Gasteiger charge is 2.35. The topological polar surface area (TPSA) is 86.8 Å². The molecule has 4 rings (SSSR count). The maximum absolute atomic E-state index is 14.5. The molecule has 7 nitrogen and oxygen atoms in total. The van der Waals surface area contributed by atoms with E-state index in [1.807, 2.05) is 43.3 Å². The zero-order valence-electron chi connectivity index (χ0n) is 24.6. The zero-order chi connectivity index (χ0) is 31.7. The van der Waals surface area contributed by atoms with Crippen LogP contribution >= 0.6 is 23.2 Å². The third-order valence-electron chi connectivity index (χ3n) is 7.11. The van der Waals surface area contributed by atoms with E-state index < -0.39 is 28.5 Å². The summed E-state index contributed by atoms with van der Waals surface area (Å²) in [5.74, 6) is -0.890. The Morgan fingerprint density at radius 2 is 1.45 bits per heavy atom. The number of benzene rings is 4. The van der Waals surface area contributed by atoms with Crippen molar-refractivity contribution in [2.45, 2.75) is 44.2 Å². The summed E-state index contributed by atoms with van der Waals surface area (Å²) in [6.07, 6.45) is 0.938. The van der Waals surface area contributed by atoms with Crippen LogP contribution in [0.5, 0.6) is 0 Å². The van der Waals surface area contributed by atoms with Gasteiger partial charge < -0.3 is 10.2 Å². The summed E-state index contributed by atoms with van der Waals surface area (Å²) in [5.41, 5.74) is 2.44. The Bertz CT molecular complexity index is 1690. The molecule has 0 spiro atoms. The first kappa shape index (κ1) is 33.1. The highest BCUT2D eigenvalue weighted by atomic mass is 35.5. The second-order valence-electron chi connectivity index (χ2n) is 10.4. The fourth-order valence-corrected chi connectivity index (χ4v) is 6.71. The fourth-order valence-electron chi connectivity index (χ4n) is 4.84. The van der Waals surface area contributed by atoms with Gasteiger partial charge in [-0.15, -0.1) is 0 Å². The lowest BCUT2D eigenvalue weighted by Crippen LogP contribution is -2.53. The van der Waals surface area contributed by atoms with Crippen LogP contribution in [0.2, 0.25) is 10.0 Å². The number of anilines is 1. The van der Waals surface area contributed by atoms with Crippen molar-refractivity contribution in [2.75, 3.05) is 17.4 Å². The molecule has 10 heteroatoms. The van der Waals surface area contributed by atoms with Crippen molar-refractivity contribution in [3.63, 3.8) is 0 Å². The molecule has 0 aliphatic heterocycles. The lowest BCUT2D eigenvalue weighted by atomic mass is 10.0. The quantitative estimate of drug-likeness (QED) is 0.175. The van der Waals surface area contributed by atoms with Crippen LogP contribution in [0.15, 0.2) is 108 Å². The number of hydrogen-bond acceptors (Lipinski definition) is 4. The molecule has 0 aliphatic carbocycles. The van der Waals surface area contributed by atoms with Crippen LogP contribution in [0.1, 0.15) is 30.0 Å². The number of hydrogen-bond donors (Lipinski definition) is 1. The Kier molecular flexibility index (Phi) is 11.4. The van der Waals surface area contributed by atoms with Crippen LogP contribution in [0, 0.1) is 6.92 Å². The molecular formula is C34H35Cl2N3O4S. The Balaban J connectivity index is 1.82. The Hall–Kier alpha value is -3.85. The first-order chi connectivity index (χ1) is 21.1. The van der Waals surface area contributed by atoms with Crippen LogP contribution in [0.25, 0.3) is 0 Å². The Morgan fingerprint density at radius 1 is 0.818 bits per heavy atom. The number of nitrogens with zero attached hydrogens (tertiary/aromatic N) is 2. The predicted octanol–water partition coefficient (Wildman–Crippen LogP) is 6.66. The molecule has 4 aromatic carbocycles. The minimum atomic E-state index is -4.22. The minimum Gasteiger partial charge on any atom is -0.354 e. The predicted molar refractivity (Wildman–Crippen MR) is 176 cm³/mol. The van der Waals surface area contributed by atoms with Crippen molar-refractivity contribution in [1.29, 1.82) is 0 Å². The molecular weight excluding hydrogens is 617 g/mol. The maximum Gasteiger partial charge on any atom is 0.264 e. The SMILES string of the molecule is CCCNC(=O)C(Cc1ccccc1)N(Cc1cccc(Cl)c1)C(=O)CN(c1cc(Cl)ccc1C)S(=O)(=O)c1ccccc1. The summed E-state index contributed by atoms with van der Waals surface area (Å²) in [6, 6.07) is 28.3. The molecule has 0 aliphatic rings. The molecule has 1 N–H and O–H groups in total. The fraction of sp³-hybridized carbons (Fsp3) is 0.235. The van der Waals surface area contributed by atoms with Crippen molar-refractivity contribution < 1.29 is 18.0 Å². The maximum atomic E-state index is 14.5. The van der Waals surface area contributed by atoms with E-state index in [0.717, 1.165) is 9.87 Å². The van der Waals surface area contributed by atoms with E-state index in [1.54, 1.807) is 55.5 Å². The van der Waals surface area contributed by atoms with Gasteiger partial charge in [0.2, 0.25) is 11.8 Å². The molecule has 0 fully saturated rings. The van der Waals surface area contributed by atoms with Crippen LogP contribution in [0.4, 0.5) is 5.69 Å². The molecule has 44 heavy (non-hydrogen) atoms. The number of rotatable bonds is 13. The first-order valence-corrected chi connectivity index (χ1v) is 16.5. The van der Waals surface area contributed by atoms with Crippen molar-refractivity contribution in [2.24, 2.45) is 0 Å². The van der Waals surface area contributed by atoms with Gasteiger partial charge in [-0.3, -0.25) is 13.9 Å². The van der Waals surface area contributed by atoms with Gasteiger partial charge in [0.25, 0.3) is 10.0 Å². The number of halogens is 2. The van der Waals surface area contributed by atoms with Crippen molar-refractivity contribution in [3.05, 3.63) is 130 Å². The summed E-state index contributed by atoms with van der Waals surface area (Å²) in [5, 5.41) is 3.74. The number of amides is 2.